The molecule has 0 spiro atoms. The van der Waals surface area contributed by atoms with E-state index in [4.69, 9.17) is 0 Å². The molecule has 1 nitrogen and oxygen atoms in total. The molecule has 0 radical (unpaired) electrons. The van der Waals surface area contributed by atoms with Gasteiger partial charge in [0.1, 0.15) is 12.0 Å². The number of hydrogen-bond acceptors (Lipinski definition) is 1. The maximum Gasteiger partial charge on any atom is 0.123 e. The molecule has 0 aliphatic carbocycles. The number of nitrogens with one attached hydrogen (secondary N) is 1. The first-order chi connectivity index (χ1) is 6.63. The molecule has 2 unspecified atom stereocenters. The molecular weight excluding hydrogens is 184 g/mol. The molecule has 3 heteroatoms. The molecule has 1 aromatic carbocycles. The predicted octanol–water partition coefficient (Wildman–Crippen LogP) is 2.37. The summed E-state index contributed by atoms with van der Waals surface area (Å²) in [5, 5.41) is 3.12. The van der Waals surface area contributed by atoms with Crippen LogP contribution in [0.3, 0.4) is 0 Å². The van der Waals surface area contributed by atoms with E-state index in [1.165, 1.54) is 12.1 Å². The van der Waals surface area contributed by atoms with Crippen LogP contribution in [0.25, 0.3) is 0 Å². The lowest BCUT2D eigenvalue weighted by molar-refractivity contribution is 0.219. The Morgan fingerprint density at radius 2 is 2.00 bits per heavy atom. The number of halogens is 2. The van der Waals surface area contributed by atoms with Gasteiger partial charge in [-0.2, -0.15) is 0 Å². The highest BCUT2D eigenvalue weighted by Crippen LogP contribution is 2.32. The van der Waals surface area contributed by atoms with Crippen molar-refractivity contribution in [3.05, 3.63) is 35.6 Å². The van der Waals surface area contributed by atoms with Crippen LogP contribution in [0, 0.1) is 5.82 Å². The topological polar surface area (TPSA) is 12.0 Å². The summed E-state index contributed by atoms with van der Waals surface area (Å²) >= 11 is 0. The fourth-order valence-corrected chi connectivity index (χ4v) is 1.94. The second kappa shape index (κ2) is 3.31. The van der Waals surface area contributed by atoms with Crippen molar-refractivity contribution in [3.8, 4) is 0 Å². The van der Waals surface area contributed by atoms with Gasteiger partial charge in [0.2, 0.25) is 0 Å². The minimum absolute atomic E-state index is 0.286. The second-order valence-electron chi connectivity index (χ2n) is 3.89. The quantitative estimate of drug-likeness (QED) is 0.728. The molecule has 1 aliphatic heterocycles. The Morgan fingerprint density at radius 1 is 1.36 bits per heavy atom. The summed E-state index contributed by atoms with van der Waals surface area (Å²) in [4.78, 5) is 0. The lowest BCUT2D eigenvalue weighted by atomic mass is 9.89. The van der Waals surface area contributed by atoms with Gasteiger partial charge in [0.05, 0.1) is 5.54 Å². The zero-order valence-electron chi connectivity index (χ0n) is 8.06. The molecule has 1 N–H and O–H groups in total. The van der Waals surface area contributed by atoms with E-state index in [1.807, 2.05) is 6.92 Å². The lowest BCUT2D eigenvalue weighted by Gasteiger charge is -2.27. The molecule has 76 valence electrons. The van der Waals surface area contributed by atoms with Gasteiger partial charge in [-0.25, -0.2) is 8.78 Å². The zero-order chi connectivity index (χ0) is 10.2. The minimum atomic E-state index is -0.895. The molecule has 0 saturated carbocycles. The van der Waals surface area contributed by atoms with Gasteiger partial charge in [-0.1, -0.05) is 12.1 Å². The van der Waals surface area contributed by atoms with Crippen LogP contribution in [0.15, 0.2) is 24.3 Å². The first-order valence-corrected chi connectivity index (χ1v) is 4.78. The number of benzene rings is 1. The largest absolute Gasteiger partial charge is 0.305 e. The first kappa shape index (κ1) is 9.59. The molecule has 0 amide bonds. The maximum atomic E-state index is 13.6. The van der Waals surface area contributed by atoms with Crippen LogP contribution in [-0.2, 0) is 5.54 Å². The Hall–Kier alpha value is -0.960. The highest BCUT2D eigenvalue weighted by atomic mass is 19.1. The van der Waals surface area contributed by atoms with Crippen molar-refractivity contribution >= 4 is 0 Å². The third-order valence-corrected chi connectivity index (χ3v) is 2.96. The van der Waals surface area contributed by atoms with Crippen LogP contribution in [-0.4, -0.2) is 12.7 Å². The van der Waals surface area contributed by atoms with Crippen LogP contribution in [0.5, 0.6) is 0 Å². The van der Waals surface area contributed by atoms with E-state index in [0.717, 1.165) is 5.56 Å². The molecule has 1 aliphatic rings. The average Bonchev–Trinajstić information content (AvgIpc) is 2.49. The third kappa shape index (κ3) is 1.42. The standard InChI is InChI=1S/C11H13F2N/c1-11(10(13)6-7-14-11)8-2-4-9(12)5-3-8/h2-5,10,14H,6-7H2,1H3. The SMILES string of the molecule is CC1(c2ccc(F)cc2)NCCC1F. The molecule has 2 atom stereocenters. The summed E-state index contributed by atoms with van der Waals surface area (Å²) in [5.41, 5.74) is 0.164. The van der Waals surface area contributed by atoms with E-state index in [0.29, 0.717) is 13.0 Å². The highest BCUT2D eigenvalue weighted by Gasteiger charge is 2.40. The summed E-state index contributed by atoms with van der Waals surface area (Å²) in [5.74, 6) is -0.286. The Kier molecular flexibility index (Phi) is 2.27. The number of hydrogen-bond donors (Lipinski definition) is 1. The monoisotopic (exact) mass is 197 g/mol. The van der Waals surface area contributed by atoms with Crippen LogP contribution in [0.1, 0.15) is 18.9 Å². The van der Waals surface area contributed by atoms with Crippen LogP contribution in [0.2, 0.25) is 0 Å². The van der Waals surface area contributed by atoms with Gasteiger partial charge >= 0.3 is 0 Å². The van der Waals surface area contributed by atoms with Crippen LogP contribution >= 0.6 is 0 Å². The molecule has 1 heterocycles. The lowest BCUT2D eigenvalue weighted by Crippen LogP contribution is -2.39. The minimum Gasteiger partial charge on any atom is -0.305 e. The van der Waals surface area contributed by atoms with Crippen molar-refractivity contribution in [3.63, 3.8) is 0 Å². The second-order valence-corrected chi connectivity index (χ2v) is 3.89. The van der Waals surface area contributed by atoms with Crippen LogP contribution in [0.4, 0.5) is 8.78 Å². The molecule has 1 saturated heterocycles. The first-order valence-electron chi connectivity index (χ1n) is 4.78. The fourth-order valence-electron chi connectivity index (χ4n) is 1.94. The number of alkyl halides is 1. The zero-order valence-corrected chi connectivity index (χ0v) is 8.06. The van der Waals surface area contributed by atoms with Gasteiger partial charge in [-0.3, -0.25) is 0 Å². The molecule has 1 aromatic rings. The molecule has 0 bridgehead atoms. The third-order valence-electron chi connectivity index (χ3n) is 2.96. The molecular formula is C11H13F2N. The maximum absolute atomic E-state index is 13.6. The van der Waals surface area contributed by atoms with Gasteiger partial charge < -0.3 is 5.32 Å². The van der Waals surface area contributed by atoms with Gasteiger partial charge in [-0.15, -0.1) is 0 Å². The molecule has 2 rings (SSSR count). The van der Waals surface area contributed by atoms with E-state index in [1.54, 1.807) is 12.1 Å². The summed E-state index contributed by atoms with van der Waals surface area (Å²) in [6, 6.07) is 6.01. The summed E-state index contributed by atoms with van der Waals surface area (Å²) < 4.78 is 26.3. The molecule has 0 aromatic heterocycles. The van der Waals surface area contributed by atoms with Crippen molar-refractivity contribution in [1.82, 2.24) is 5.32 Å². The summed E-state index contributed by atoms with van der Waals surface area (Å²) in [6.07, 6.45) is -0.374. The summed E-state index contributed by atoms with van der Waals surface area (Å²) in [6.45, 7) is 2.49. The van der Waals surface area contributed by atoms with Crippen molar-refractivity contribution in [2.75, 3.05) is 6.54 Å². The van der Waals surface area contributed by atoms with Gasteiger partial charge in [0, 0.05) is 0 Å². The van der Waals surface area contributed by atoms with E-state index in [9.17, 15) is 8.78 Å². The van der Waals surface area contributed by atoms with Crippen LogP contribution < -0.4 is 5.32 Å². The van der Waals surface area contributed by atoms with Gasteiger partial charge in [0.15, 0.2) is 0 Å². The highest BCUT2D eigenvalue weighted by molar-refractivity contribution is 5.27. The van der Waals surface area contributed by atoms with Crippen molar-refractivity contribution in [1.29, 1.82) is 0 Å². The number of rotatable bonds is 1. The van der Waals surface area contributed by atoms with E-state index in [-0.39, 0.29) is 5.82 Å². The van der Waals surface area contributed by atoms with Gasteiger partial charge in [0.25, 0.3) is 0 Å². The smallest absolute Gasteiger partial charge is 0.123 e. The Labute approximate surface area is 82.1 Å². The van der Waals surface area contributed by atoms with E-state index < -0.39 is 11.7 Å². The summed E-state index contributed by atoms with van der Waals surface area (Å²) in [7, 11) is 0. The van der Waals surface area contributed by atoms with E-state index in [2.05, 4.69) is 5.32 Å². The fraction of sp³-hybridized carbons (Fsp3) is 0.455. The van der Waals surface area contributed by atoms with Crippen molar-refractivity contribution in [2.45, 2.75) is 25.1 Å². The van der Waals surface area contributed by atoms with E-state index >= 15 is 0 Å². The normalized spacial score (nSPS) is 32.1. The Bertz CT molecular complexity index is 323. The molecule has 14 heavy (non-hydrogen) atoms. The van der Waals surface area contributed by atoms with Crippen molar-refractivity contribution < 1.29 is 8.78 Å². The van der Waals surface area contributed by atoms with Crippen molar-refractivity contribution in [2.24, 2.45) is 0 Å². The van der Waals surface area contributed by atoms with Gasteiger partial charge in [-0.05, 0) is 37.6 Å². The Morgan fingerprint density at radius 3 is 2.50 bits per heavy atom. The average molecular weight is 197 g/mol. The predicted molar refractivity (Wildman–Crippen MR) is 51.3 cm³/mol. The Balaban J connectivity index is 2.34. The molecule has 1 fully saturated rings.